The molecule has 7 nitrogen and oxygen atoms in total. The summed E-state index contributed by atoms with van der Waals surface area (Å²) in [6.45, 7) is 7.66. The predicted molar refractivity (Wildman–Crippen MR) is 127 cm³/mol. The number of piperidine rings is 1. The van der Waals surface area contributed by atoms with E-state index in [9.17, 15) is 14.4 Å². The third-order valence-electron chi connectivity index (χ3n) is 5.48. The van der Waals surface area contributed by atoms with Crippen LogP contribution < -0.4 is 16.0 Å². The summed E-state index contributed by atoms with van der Waals surface area (Å²) in [5.41, 5.74) is 2.50. The first-order valence-electron chi connectivity index (χ1n) is 11.2. The molecule has 0 unspecified atom stereocenters. The number of carbonyl (C=O) groups excluding carboxylic acids is 3. The molecule has 7 heteroatoms. The molecule has 1 heterocycles. The third kappa shape index (κ3) is 6.57. The van der Waals surface area contributed by atoms with Crippen LogP contribution in [-0.4, -0.2) is 48.3 Å². The molecule has 1 aliphatic rings. The van der Waals surface area contributed by atoms with E-state index in [-0.39, 0.29) is 30.3 Å². The highest BCUT2D eigenvalue weighted by Crippen LogP contribution is 2.19. The Labute approximate surface area is 189 Å². The quantitative estimate of drug-likeness (QED) is 0.617. The van der Waals surface area contributed by atoms with Crippen molar-refractivity contribution in [3.63, 3.8) is 0 Å². The van der Waals surface area contributed by atoms with Crippen molar-refractivity contribution in [2.24, 2.45) is 5.92 Å². The van der Waals surface area contributed by atoms with Crippen LogP contribution in [0.3, 0.4) is 0 Å². The van der Waals surface area contributed by atoms with Crippen molar-refractivity contribution in [2.45, 2.75) is 39.7 Å². The molecule has 170 valence electrons. The van der Waals surface area contributed by atoms with Crippen molar-refractivity contribution in [1.29, 1.82) is 0 Å². The maximum absolute atomic E-state index is 12.8. The van der Waals surface area contributed by atoms with Gasteiger partial charge in [-0.15, -0.1) is 0 Å². The van der Waals surface area contributed by atoms with Crippen LogP contribution >= 0.6 is 0 Å². The maximum Gasteiger partial charge on any atom is 0.253 e. The van der Waals surface area contributed by atoms with E-state index in [2.05, 4.69) is 22.9 Å². The normalized spacial score (nSPS) is 14.2. The standard InChI is InChI=1S/C25H32N4O3/c1-17(2)27-24(31)19-7-9-21(10-8-19)28-23(30)16-26-22-6-4-5-20(15-22)25(32)29-13-11-18(3)12-14-29/h4-10,15,17-18,26H,11-14,16H2,1-3H3,(H,27,31)(H,28,30). The molecule has 1 saturated heterocycles. The summed E-state index contributed by atoms with van der Waals surface area (Å²) >= 11 is 0. The molecule has 0 bridgehead atoms. The summed E-state index contributed by atoms with van der Waals surface area (Å²) in [5, 5.41) is 8.71. The number of rotatable bonds is 7. The monoisotopic (exact) mass is 436 g/mol. The Kier molecular flexibility index (Phi) is 7.87. The molecule has 2 aromatic carbocycles. The lowest BCUT2D eigenvalue weighted by molar-refractivity contribution is -0.114. The average Bonchev–Trinajstić information content (AvgIpc) is 2.78. The van der Waals surface area contributed by atoms with Crippen LogP contribution in [0.4, 0.5) is 11.4 Å². The second-order valence-electron chi connectivity index (χ2n) is 8.66. The van der Waals surface area contributed by atoms with Crippen LogP contribution in [0.25, 0.3) is 0 Å². The van der Waals surface area contributed by atoms with Gasteiger partial charge in [-0.1, -0.05) is 13.0 Å². The van der Waals surface area contributed by atoms with Gasteiger partial charge in [-0.2, -0.15) is 0 Å². The molecule has 3 N–H and O–H groups in total. The molecule has 0 aromatic heterocycles. The molecule has 0 radical (unpaired) electrons. The molecule has 1 aliphatic heterocycles. The third-order valence-corrected chi connectivity index (χ3v) is 5.48. The Bertz CT molecular complexity index is 948. The minimum Gasteiger partial charge on any atom is -0.376 e. The van der Waals surface area contributed by atoms with Crippen LogP contribution in [0.5, 0.6) is 0 Å². The van der Waals surface area contributed by atoms with E-state index in [4.69, 9.17) is 0 Å². The number of nitrogens with one attached hydrogen (secondary N) is 3. The van der Waals surface area contributed by atoms with Gasteiger partial charge in [0.15, 0.2) is 0 Å². The Balaban J connectivity index is 1.51. The van der Waals surface area contributed by atoms with Gasteiger partial charge in [0.2, 0.25) is 5.91 Å². The zero-order chi connectivity index (χ0) is 23.1. The second-order valence-corrected chi connectivity index (χ2v) is 8.66. The van der Waals surface area contributed by atoms with Crippen molar-refractivity contribution >= 4 is 29.1 Å². The summed E-state index contributed by atoms with van der Waals surface area (Å²) in [4.78, 5) is 39.0. The van der Waals surface area contributed by atoms with Crippen LogP contribution in [-0.2, 0) is 4.79 Å². The molecule has 3 rings (SSSR count). The van der Waals surface area contributed by atoms with Crippen molar-refractivity contribution in [1.82, 2.24) is 10.2 Å². The Morgan fingerprint density at radius 3 is 2.31 bits per heavy atom. The van der Waals surface area contributed by atoms with Crippen molar-refractivity contribution < 1.29 is 14.4 Å². The Morgan fingerprint density at radius 1 is 0.969 bits per heavy atom. The summed E-state index contributed by atoms with van der Waals surface area (Å²) in [6.07, 6.45) is 2.07. The largest absolute Gasteiger partial charge is 0.376 e. The SMILES string of the molecule is CC1CCN(C(=O)c2cccc(NCC(=O)Nc3ccc(C(=O)NC(C)C)cc3)c2)CC1. The number of anilines is 2. The smallest absolute Gasteiger partial charge is 0.253 e. The minimum atomic E-state index is -0.217. The van der Waals surface area contributed by atoms with Crippen molar-refractivity contribution in [3.8, 4) is 0 Å². The van der Waals surface area contributed by atoms with Gasteiger partial charge in [0.25, 0.3) is 11.8 Å². The highest BCUT2D eigenvalue weighted by Gasteiger charge is 2.21. The zero-order valence-corrected chi connectivity index (χ0v) is 19.0. The summed E-state index contributed by atoms with van der Waals surface area (Å²) in [6, 6.07) is 14.1. The van der Waals surface area contributed by atoms with E-state index in [1.54, 1.807) is 30.3 Å². The van der Waals surface area contributed by atoms with Gasteiger partial charge in [0.05, 0.1) is 6.54 Å². The molecule has 1 fully saturated rings. The second kappa shape index (κ2) is 10.8. The number of benzene rings is 2. The van der Waals surface area contributed by atoms with E-state index < -0.39 is 0 Å². The molecule has 0 spiro atoms. The van der Waals surface area contributed by atoms with E-state index >= 15 is 0 Å². The van der Waals surface area contributed by atoms with E-state index in [1.807, 2.05) is 36.9 Å². The molecule has 0 aliphatic carbocycles. The topological polar surface area (TPSA) is 90.5 Å². The minimum absolute atomic E-state index is 0.0339. The number of hydrogen-bond donors (Lipinski definition) is 3. The zero-order valence-electron chi connectivity index (χ0n) is 19.0. The van der Waals surface area contributed by atoms with Gasteiger partial charge in [-0.25, -0.2) is 0 Å². The first-order chi connectivity index (χ1) is 15.3. The molecule has 32 heavy (non-hydrogen) atoms. The fraction of sp³-hybridized carbons (Fsp3) is 0.400. The molecule has 0 saturated carbocycles. The molecule has 3 amide bonds. The fourth-order valence-corrected chi connectivity index (χ4v) is 3.59. The lowest BCUT2D eigenvalue weighted by Crippen LogP contribution is -2.37. The molecule has 2 aromatic rings. The summed E-state index contributed by atoms with van der Waals surface area (Å²) in [7, 11) is 0. The number of likely N-dealkylation sites (tertiary alicyclic amines) is 1. The van der Waals surface area contributed by atoms with E-state index in [0.717, 1.165) is 31.6 Å². The number of carbonyl (C=O) groups is 3. The Hall–Kier alpha value is -3.35. The van der Waals surface area contributed by atoms with Crippen LogP contribution in [0, 0.1) is 5.92 Å². The number of amides is 3. The molecular formula is C25H32N4O3. The van der Waals surface area contributed by atoms with Gasteiger partial charge < -0.3 is 20.9 Å². The van der Waals surface area contributed by atoms with Crippen LogP contribution in [0.1, 0.15) is 54.3 Å². The Morgan fingerprint density at radius 2 is 1.66 bits per heavy atom. The van der Waals surface area contributed by atoms with E-state index in [0.29, 0.717) is 22.7 Å². The van der Waals surface area contributed by atoms with Crippen LogP contribution in [0.2, 0.25) is 0 Å². The lowest BCUT2D eigenvalue weighted by Gasteiger charge is -2.30. The average molecular weight is 437 g/mol. The van der Waals surface area contributed by atoms with Gasteiger partial charge in [0, 0.05) is 41.6 Å². The van der Waals surface area contributed by atoms with Gasteiger partial charge in [0.1, 0.15) is 0 Å². The van der Waals surface area contributed by atoms with Gasteiger partial charge in [-0.05, 0) is 75.1 Å². The predicted octanol–water partition coefficient (Wildman–Crippen LogP) is 3.75. The summed E-state index contributed by atoms with van der Waals surface area (Å²) in [5.74, 6) is 0.338. The first-order valence-corrected chi connectivity index (χ1v) is 11.2. The molecule has 0 atom stereocenters. The van der Waals surface area contributed by atoms with E-state index in [1.165, 1.54) is 0 Å². The van der Waals surface area contributed by atoms with Crippen LogP contribution in [0.15, 0.2) is 48.5 Å². The molecular weight excluding hydrogens is 404 g/mol. The number of hydrogen-bond acceptors (Lipinski definition) is 4. The van der Waals surface area contributed by atoms with Crippen molar-refractivity contribution in [3.05, 3.63) is 59.7 Å². The number of nitrogens with zero attached hydrogens (tertiary/aromatic N) is 1. The highest BCUT2D eigenvalue weighted by molar-refractivity contribution is 5.97. The van der Waals surface area contributed by atoms with Gasteiger partial charge in [-0.3, -0.25) is 14.4 Å². The van der Waals surface area contributed by atoms with Gasteiger partial charge >= 0.3 is 0 Å². The fourth-order valence-electron chi connectivity index (χ4n) is 3.59. The lowest BCUT2D eigenvalue weighted by atomic mass is 9.98. The van der Waals surface area contributed by atoms with Crippen molar-refractivity contribution in [2.75, 3.05) is 30.3 Å². The maximum atomic E-state index is 12.8. The summed E-state index contributed by atoms with van der Waals surface area (Å²) < 4.78 is 0. The first kappa shape index (κ1) is 23.3. The highest BCUT2D eigenvalue weighted by atomic mass is 16.2.